The molecule has 0 unspecified atom stereocenters. The number of benzene rings is 1. The second-order valence-corrected chi connectivity index (χ2v) is 4.23. The molecule has 4 heteroatoms. The van der Waals surface area contributed by atoms with E-state index in [9.17, 15) is 0 Å². The van der Waals surface area contributed by atoms with Gasteiger partial charge in [0.25, 0.3) is 0 Å². The molecule has 2 heterocycles. The fourth-order valence-corrected chi connectivity index (χ4v) is 1.89. The van der Waals surface area contributed by atoms with Crippen LogP contribution < -0.4 is 5.32 Å². The molecule has 19 heavy (non-hydrogen) atoms. The number of nitrogens with zero attached hydrogens (tertiary/aromatic N) is 3. The van der Waals surface area contributed by atoms with E-state index in [0.29, 0.717) is 0 Å². The van der Waals surface area contributed by atoms with Crippen molar-refractivity contribution in [2.24, 2.45) is 0 Å². The molecule has 0 aliphatic carbocycles. The first-order chi connectivity index (χ1) is 9.42. The van der Waals surface area contributed by atoms with E-state index in [1.54, 1.807) is 24.9 Å². The van der Waals surface area contributed by atoms with Crippen LogP contribution in [-0.4, -0.2) is 14.5 Å². The van der Waals surface area contributed by atoms with Gasteiger partial charge in [0, 0.05) is 42.7 Å². The van der Waals surface area contributed by atoms with Gasteiger partial charge in [-0.05, 0) is 35.9 Å². The number of rotatable bonds is 4. The summed E-state index contributed by atoms with van der Waals surface area (Å²) in [6, 6.07) is 12.3. The van der Waals surface area contributed by atoms with Gasteiger partial charge >= 0.3 is 0 Å². The van der Waals surface area contributed by atoms with E-state index >= 15 is 0 Å². The largest absolute Gasteiger partial charge is 0.381 e. The lowest BCUT2D eigenvalue weighted by molar-refractivity contribution is 1.05. The Morgan fingerprint density at radius 1 is 1.00 bits per heavy atom. The Labute approximate surface area is 111 Å². The molecule has 0 bridgehead atoms. The Morgan fingerprint density at radius 3 is 2.68 bits per heavy atom. The van der Waals surface area contributed by atoms with Crippen LogP contribution in [0.5, 0.6) is 0 Å². The second kappa shape index (κ2) is 5.35. The van der Waals surface area contributed by atoms with Crippen LogP contribution in [0.4, 0.5) is 5.69 Å². The van der Waals surface area contributed by atoms with Crippen molar-refractivity contribution in [3.05, 3.63) is 73.1 Å². The zero-order valence-electron chi connectivity index (χ0n) is 10.4. The summed E-state index contributed by atoms with van der Waals surface area (Å²) in [5.41, 5.74) is 3.39. The molecule has 0 spiro atoms. The monoisotopic (exact) mass is 250 g/mol. The summed E-state index contributed by atoms with van der Waals surface area (Å²) in [6.45, 7) is 0.788. The molecule has 0 saturated carbocycles. The van der Waals surface area contributed by atoms with Crippen molar-refractivity contribution < 1.29 is 0 Å². The number of imidazole rings is 1. The minimum absolute atomic E-state index is 0.788. The van der Waals surface area contributed by atoms with Crippen LogP contribution in [0.2, 0.25) is 0 Å². The van der Waals surface area contributed by atoms with Gasteiger partial charge in [0.2, 0.25) is 0 Å². The summed E-state index contributed by atoms with van der Waals surface area (Å²) in [5, 5.41) is 3.40. The molecule has 1 aromatic carbocycles. The highest BCUT2D eigenvalue weighted by Crippen LogP contribution is 2.15. The molecular formula is C15H14N4. The smallest absolute Gasteiger partial charge is 0.0991 e. The molecule has 3 aromatic rings. The van der Waals surface area contributed by atoms with Crippen molar-refractivity contribution in [3.8, 4) is 5.69 Å². The lowest BCUT2D eigenvalue weighted by atomic mass is 10.2. The molecule has 1 N–H and O–H groups in total. The third-order valence-corrected chi connectivity index (χ3v) is 2.89. The molecule has 0 radical (unpaired) electrons. The molecule has 0 aliphatic heterocycles. The third kappa shape index (κ3) is 2.80. The van der Waals surface area contributed by atoms with Crippen molar-refractivity contribution in [3.63, 3.8) is 0 Å². The van der Waals surface area contributed by atoms with Gasteiger partial charge in [-0.2, -0.15) is 0 Å². The van der Waals surface area contributed by atoms with E-state index in [1.807, 2.05) is 29.0 Å². The van der Waals surface area contributed by atoms with Gasteiger partial charge in [-0.25, -0.2) is 4.98 Å². The molecule has 0 amide bonds. The highest BCUT2D eigenvalue weighted by molar-refractivity contribution is 5.51. The minimum atomic E-state index is 0.788. The van der Waals surface area contributed by atoms with Gasteiger partial charge < -0.3 is 9.88 Å². The fourth-order valence-electron chi connectivity index (χ4n) is 1.89. The average Bonchev–Trinajstić information content (AvgIpc) is 3.01. The van der Waals surface area contributed by atoms with Crippen LogP contribution in [-0.2, 0) is 6.54 Å². The summed E-state index contributed by atoms with van der Waals surface area (Å²) in [6.07, 6.45) is 9.11. The maximum absolute atomic E-state index is 4.06. The van der Waals surface area contributed by atoms with Crippen LogP contribution >= 0.6 is 0 Å². The van der Waals surface area contributed by atoms with Crippen molar-refractivity contribution in [1.82, 2.24) is 14.5 Å². The Morgan fingerprint density at radius 2 is 1.89 bits per heavy atom. The standard InChI is InChI=1S/C15H14N4/c1-2-14(18-11-13-4-6-16-7-5-13)10-15(3-1)19-9-8-17-12-19/h1-10,12,18H,11H2. The normalized spacial score (nSPS) is 10.3. The van der Waals surface area contributed by atoms with Crippen molar-refractivity contribution in [1.29, 1.82) is 0 Å². The SMILES string of the molecule is c1cc(NCc2ccncc2)cc(-n2ccnc2)c1. The van der Waals surface area contributed by atoms with E-state index in [2.05, 4.69) is 33.5 Å². The van der Waals surface area contributed by atoms with Crippen LogP contribution in [0.15, 0.2) is 67.5 Å². The summed E-state index contributed by atoms with van der Waals surface area (Å²) < 4.78 is 1.98. The summed E-state index contributed by atoms with van der Waals surface area (Å²) >= 11 is 0. The number of nitrogens with one attached hydrogen (secondary N) is 1. The number of pyridine rings is 1. The van der Waals surface area contributed by atoms with Crippen LogP contribution in [0.1, 0.15) is 5.56 Å². The van der Waals surface area contributed by atoms with Gasteiger partial charge in [-0.15, -0.1) is 0 Å². The summed E-state index contributed by atoms with van der Waals surface area (Å²) in [4.78, 5) is 8.07. The molecule has 94 valence electrons. The Hall–Kier alpha value is -2.62. The maximum atomic E-state index is 4.06. The lowest BCUT2D eigenvalue weighted by Crippen LogP contribution is -2.00. The predicted octanol–water partition coefficient (Wildman–Crippen LogP) is 2.88. The van der Waals surface area contributed by atoms with E-state index < -0.39 is 0 Å². The van der Waals surface area contributed by atoms with E-state index in [-0.39, 0.29) is 0 Å². The molecule has 0 aliphatic rings. The Balaban J connectivity index is 1.74. The third-order valence-electron chi connectivity index (χ3n) is 2.89. The van der Waals surface area contributed by atoms with Crippen molar-refractivity contribution in [2.45, 2.75) is 6.54 Å². The Bertz CT molecular complexity index is 632. The first kappa shape index (κ1) is 11.5. The van der Waals surface area contributed by atoms with Crippen LogP contribution in [0, 0.1) is 0 Å². The molecule has 0 saturated heterocycles. The molecule has 4 nitrogen and oxygen atoms in total. The van der Waals surface area contributed by atoms with E-state index in [1.165, 1.54) is 5.56 Å². The van der Waals surface area contributed by atoms with Gasteiger partial charge in [-0.1, -0.05) is 6.07 Å². The number of aromatic nitrogens is 3. The molecule has 0 atom stereocenters. The lowest BCUT2D eigenvalue weighted by Gasteiger charge is -2.08. The van der Waals surface area contributed by atoms with Gasteiger partial charge in [0.1, 0.15) is 0 Å². The second-order valence-electron chi connectivity index (χ2n) is 4.23. The zero-order chi connectivity index (χ0) is 12.9. The number of anilines is 1. The number of hydrogen-bond acceptors (Lipinski definition) is 3. The number of hydrogen-bond donors (Lipinski definition) is 1. The molecule has 2 aromatic heterocycles. The summed E-state index contributed by atoms with van der Waals surface area (Å²) in [7, 11) is 0. The van der Waals surface area contributed by atoms with Crippen molar-refractivity contribution in [2.75, 3.05) is 5.32 Å². The maximum Gasteiger partial charge on any atom is 0.0991 e. The Kier molecular flexibility index (Phi) is 3.23. The first-order valence-electron chi connectivity index (χ1n) is 6.13. The van der Waals surface area contributed by atoms with Crippen LogP contribution in [0.3, 0.4) is 0 Å². The van der Waals surface area contributed by atoms with E-state index in [4.69, 9.17) is 0 Å². The fraction of sp³-hybridized carbons (Fsp3) is 0.0667. The predicted molar refractivity (Wildman–Crippen MR) is 75.1 cm³/mol. The zero-order valence-corrected chi connectivity index (χ0v) is 10.4. The summed E-state index contributed by atoms with van der Waals surface area (Å²) in [5.74, 6) is 0. The molecular weight excluding hydrogens is 236 g/mol. The quantitative estimate of drug-likeness (QED) is 0.774. The van der Waals surface area contributed by atoms with E-state index in [0.717, 1.165) is 17.9 Å². The highest BCUT2D eigenvalue weighted by Gasteiger charge is 1.98. The highest BCUT2D eigenvalue weighted by atomic mass is 15.0. The molecule has 0 fully saturated rings. The van der Waals surface area contributed by atoms with Crippen LogP contribution in [0.25, 0.3) is 5.69 Å². The molecule has 3 rings (SSSR count). The first-order valence-corrected chi connectivity index (χ1v) is 6.13. The van der Waals surface area contributed by atoms with Gasteiger partial charge in [0.05, 0.1) is 6.33 Å². The van der Waals surface area contributed by atoms with Gasteiger partial charge in [-0.3, -0.25) is 4.98 Å². The minimum Gasteiger partial charge on any atom is -0.381 e. The average molecular weight is 250 g/mol. The topological polar surface area (TPSA) is 42.7 Å². The van der Waals surface area contributed by atoms with Crippen molar-refractivity contribution >= 4 is 5.69 Å². The van der Waals surface area contributed by atoms with Gasteiger partial charge in [0.15, 0.2) is 0 Å².